The van der Waals surface area contributed by atoms with Crippen molar-refractivity contribution in [2.75, 3.05) is 20.6 Å². The van der Waals surface area contributed by atoms with Gasteiger partial charge in [-0.25, -0.2) is 0 Å². The number of thiophene rings is 1. The van der Waals surface area contributed by atoms with Crippen LogP contribution in [0.5, 0.6) is 0 Å². The Balaban J connectivity index is 2.00. The largest absolute Gasteiger partial charge is 0.344 e. The zero-order valence-corrected chi connectivity index (χ0v) is 17.9. The molecule has 0 unspecified atom stereocenters. The van der Waals surface area contributed by atoms with Crippen LogP contribution >= 0.6 is 11.3 Å². The smallest absolute Gasteiger partial charge is 0.263 e. The molecule has 1 atom stereocenters. The summed E-state index contributed by atoms with van der Waals surface area (Å²) in [4.78, 5) is 30.3. The summed E-state index contributed by atoms with van der Waals surface area (Å²) in [7, 11) is 3.60. The minimum Gasteiger partial charge on any atom is -0.344 e. The van der Waals surface area contributed by atoms with E-state index in [0.717, 1.165) is 52.8 Å². The monoisotopic (exact) mass is 386 g/mol. The molecule has 0 aliphatic carbocycles. The number of hydrogen-bond acceptors (Lipinski definition) is 3. The van der Waals surface area contributed by atoms with Gasteiger partial charge in [-0.1, -0.05) is 39.0 Å². The Kier molecular flexibility index (Phi) is 5.61. The first-order valence-electron chi connectivity index (χ1n) is 9.73. The quantitative estimate of drug-likeness (QED) is 0.775. The van der Waals surface area contributed by atoms with Gasteiger partial charge in [-0.3, -0.25) is 9.59 Å². The van der Waals surface area contributed by atoms with Gasteiger partial charge in [0.1, 0.15) is 0 Å². The van der Waals surface area contributed by atoms with Gasteiger partial charge in [0, 0.05) is 36.8 Å². The van der Waals surface area contributed by atoms with E-state index in [1.165, 1.54) is 0 Å². The Bertz CT molecular complexity index is 848. The van der Waals surface area contributed by atoms with E-state index in [1.807, 2.05) is 32.9 Å². The SMILES string of the molecule is CN(C)C(=O)c1sc2ccccc2c1C[C@@H]1CCCCN1C(=O)C(C)(C)C. The first kappa shape index (κ1) is 19.9. The molecule has 1 aromatic carbocycles. The molecule has 0 saturated carbocycles. The van der Waals surface area contributed by atoms with Crippen LogP contribution in [0.4, 0.5) is 0 Å². The second-order valence-electron chi connectivity index (χ2n) is 8.71. The predicted molar refractivity (Wildman–Crippen MR) is 112 cm³/mol. The second-order valence-corrected chi connectivity index (χ2v) is 9.76. The number of fused-ring (bicyclic) bond motifs is 1. The highest BCUT2D eigenvalue weighted by atomic mass is 32.1. The van der Waals surface area contributed by atoms with Crippen molar-refractivity contribution in [2.24, 2.45) is 5.41 Å². The molecule has 1 aromatic heterocycles. The molecule has 4 nitrogen and oxygen atoms in total. The topological polar surface area (TPSA) is 40.6 Å². The summed E-state index contributed by atoms with van der Waals surface area (Å²) in [6, 6.07) is 8.39. The van der Waals surface area contributed by atoms with Crippen LogP contribution in [-0.2, 0) is 11.2 Å². The summed E-state index contributed by atoms with van der Waals surface area (Å²) in [6.45, 7) is 6.78. The van der Waals surface area contributed by atoms with Crippen LogP contribution in [0.25, 0.3) is 10.1 Å². The minimum atomic E-state index is -0.380. The molecule has 2 heterocycles. The number of carbonyl (C=O) groups excluding carboxylic acids is 2. The van der Waals surface area contributed by atoms with E-state index < -0.39 is 0 Å². The lowest BCUT2D eigenvalue weighted by molar-refractivity contribution is -0.143. The van der Waals surface area contributed by atoms with E-state index in [9.17, 15) is 9.59 Å². The van der Waals surface area contributed by atoms with E-state index in [-0.39, 0.29) is 23.3 Å². The number of carbonyl (C=O) groups is 2. The number of hydrogen-bond donors (Lipinski definition) is 0. The van der Waals surface area contributed by atoms with Crippen LogP contribution in [0, 0.1) is 5.41 Å². The van der Waals surface area contributed by atoms with E-state index in [4.69, 9.17) is 0 Å². The minimum absolute atomic E-state index is 0.0516. The lowest BCUT2D eigenvalue weighted by Crippen LogP contribution is -2.49. The summed E-state index contributed by atoms with van der Waals surface area (Å²) >= 11 is 1.57. The number of rotatable bonds is 3. The summed E-state index contributed by atoms with van der Waals surface area (Å²) in [6.07, 6.45) is 3.95. The highest BCUT2D eigenvalue weighted by molar-refractivity contribution is 7.21. The molecule has 3 rings (SSSR count). The van der Waals surface area contributed by atoms with Gasteiger partial charge in [-0.2, -0.15) is 0 Å². The van der Waals surface area contributed by atoms with E-state index in [2.05, 4.69) is 17.0 Å². The van der Waals surface area contributed by atoms with Gasteiger partial charge < -0.3 is 9.80 Å². The van der Waals surface area contributed by atoms with Gasteiger partial charge in [0.05, 0.1) is 4.88 Å². The number of piperidine rings is 1. The van der Waals surface area contributed by atoms with Crippen molar-refractivity contribution in [3.8, 4) is 0 Å². The molecular formula is C22H30N2O2S. The zero-order chi connectivity index (χ0) is 19.8. The third-order valence-corrected chi connectivity index (χ3v) is 6.47. The number of likely N-dealkylation sites (tertiary alicyclic amines) is 1. The summed E-state index contributed by atoms with van der Waals surface area (Å²) in [5.41, 5.74) is 0.724. The Morgan fingerprint density at radius 1 is 1.19 bits per heavy atom. The van der Waals surface area contributed by atoms with E-state index in [1.54, 1.807) is 30.3 Å². The third kappa shape index (κ3) is 4.03. The van der Waals surface area contributed by atoms with Gasteiger partial charge in [0.15, 0.2) is 0 Å². The van der Waals surface area contributed by atoms with Gasteiger partial charge in [-0.15, -0.1) is 11.3 Å². The molecular weight excluding hydrogens is 356 g/mol. The highest BCUT2D eigenvalue weighted by Crippen LogP contribution is 2.35. The molecule has 0 radical (unpaired) electrons. The van der Waals surface area contributed by atoms with E-state index >= 15 is 0 Å². The Labute approximate surface area is 166 Å². The molecule has 146 valence electrons. The van der Waals surface area contributed by atoms with Crippen molar-refractivity contribution in [2.45, 2.75) is 52.5 Å². The van der Waals surface area contributed by atoms with Crippen LogP contribution in [0.15, 0.2) is 24.3 Å². The Morgan fingerprint density at radius 2 is 1.89 bits per heavy atom. The maximum absolute atomic E-state index is 13.0. The van der Waals surface area contributed by atoms with Gasteiger partial charge >= 0.3 is 0 Å². The molecule has 0 spiro atoms. The molecule has 2 amide bonds. The molecule has 1 fully saturated rings. The summed E-state index contributed by atoms with van der Waals surface area (Å²) < 4.78 is 1.14. The standard InChI is InChI=1S/C22H30N2O2S/c1-22(2,3)21(26)24-13-9-8-10-15(24)14-17-16-11-6-7-12-18(16)27-19(17)20(25)23(4)5/h6-7,11-12,15H,8-10,13-14H2,1-5H3/t15-/m0/s1. The predicted octanol–water partition coefficient (Wildman–Crippen LogP) is 4.57. The van der Waals surface area contributed by atoms with E-state index in [0.29, 0.717) is 0 Å². The van der Waals surface area contributed by atoms with Gasteiger partial charge in [-0.05, 0) is 42.7 Å². The first-order chi connectivity index (χ1) is 12.7. The van der Waals surface area contributed by atoms with Crippen LogP contribution in [0.1, 0.15) is 55.3 Å². The van der Waals surface area contributed by atoms with Crippen molar-refractivity contribution in [1.29, 1.82) is 0 Å². The maximum Gasteiger partial charge on any atom is 0.263 e. The molecule has 0 bridgehead atoms. The fourth-order valence-electron chi connectivity index (χ4n) is 3.82. The number of benzene rings is 1. The Morgan fingerprint density at radius 3 is 2.56 bits per heavy atom. The average molecular weight is 387 g/mol. The zero-order valence-electron chi connectivity index (χ0n) is 17.0. The van der Waals surface area contributed by atoms with Crippen molar-refractivity contribution in [3.05, 3.63) is 34.7 Å². The van der Waals surface area contributed by atoms with Crippen LogP contribution in [-0.4, -0.2) is 48.3 Å². The first-order valence-corrected chi connectivity index (χ1v) is 10.5. The third-order valence-electron chi connectivity index (χ3n) is 5.27. The second kappa shape index (κ2) is 7.63. The summed E-state index contributed by atoms with van der Waals surface area (Å²) in [5.74, 6) is 0.267. The lowest BCUT2D eigenvalue weighted by Gasteiger charge is -2.39. The number of amides is 2. The van der Waals surface area contributed by atoms with Crippen molar-refractivity contribution in [3.63, 3.8) is 0 Å². The van der Waals surface area contributed by atoms with Crippen molar-refractivity contribution >= 4 is 33.2 Å². The van der Waals surface area contributed by atoms with Crippen LogP contribution in [0.2, 0.25) is 0 Å². The van der Waals surface area contributed by atoms with Crippen molar-refractivity contribution in [1.82, 2.24) is 9.80 Å². The molecule has 1 saturated heterocycles. The molecule has 0 N–H and O–H groups in total. The van der Waals surface area contributed by atoms with Gasteiger partial charge in [0.25, 0.3) is 5.91 Å². The maximum atomic E-state index is 13.0. The molecule has 1 aliphatic rings. The Hall–Kier alpha value is -1.88. The summed E-state index contributed by atoms with van der Waals surface area (Å²) in [5, 5.41) is 1.15. The lowest BCUT2D eigenvalue weighted by atomic mass is 9.89. The fourth-order valence-corrected chi connectivity index (χ4v) is 5.08. The van der Waals surface area contributed by atoms with Crippen molar-refractivity contribution < 1.29 is 9.59 Å². The molecule has 2 aromatic rings. The number of nitrogens with zero attached hydrogens (tertiary/aromatic N) is 2. The normalized spacial score (nSPS) is 18.0. The molecule has 27 heavy (non-hydrogen) atoms. The molecule has 1 aliphatic heterocycles. The van der Waals surface area contributed by atoms with Gasteiger partial charge in [0.2, 0.25) is 5.91 Å². The van der Waals surface area contributed by atoms with Crippen LogP contribution in [0.3, 0.4) is 0 Å². The molecule has 5 heteroatoms. The fraction of sp³-hybridized carbons (Fsp3) is 0.545. The van der Waals surface area contributed by atoms with Crippen LogP contribution < -0.4 is 0 Å². The average Bonchev–Trinajstić information content (AvgIpc) is 2.98. The highest BCUT2D eigenvalue weighted by Gasteiger charge is 2.34.